The molecule has 9 nitrogen and oxygen atoms in total. The van der Waals surface area contributed by atoms with Crippen LogP contribution in [-0.2, 0) is 9.59 Å². The molecule has 0 unspecified atom stereocenters. The smallest absolute Gasteiger partial charge is 0.251 e. The Bertz CT molecular complexity index is 285. The lowest BCUT2D eigenvalue weighted by atomic mass is 10.0. The Morgan fingerprint density at radius 1 is 0.950 bits per heavy atom. The van der Waals surface area contributed by atoms with Crippen molar-refractivity contribution in [1.29, 1.82) is 0 Å². The lowest BCUT2D eigenvalue weighted by Gasteiger charge is -2.25. The van der Waals surface area contributed by atoms with Crippen molar-refractivity contribution in [3.63, 3.8) is 0 Å². The fraction of sp³-hybridized carbons (Fsp3) is 0.818. The Hall–Kier alpha value is -1.26. The van der Waals surface area contributed by atoms with E-state index in [4.69, 9.17) is 5.73 Å². The van der Waals surface area contributed by atoms with E-state index in [1.165, 1.54) is 0 Å². The number of aliphatic hydroxyl groups excluding tert-OH is 4. The van der Waals surface area contributed by atoms with Gasteiger partial charge in [0, 0.05) is 19.6 Å². The standard InChI is InChI=1S/C11H23N3O6/c1-2-4-13-10(19)8(17)6(15)7(16)9(18)11(20)14-5-3-12/h6-9,15-18H,2-5,12H2,1H3,(H,13,19)(H,14,20)/t6-,7+,8+,9-/m1/s1. The molecular formula is C11H23N3O6. The Kier molecular flexibility index (Phi) is 9.01. The number of carbonyl (C=O) groups excluding carboxylic acids is 2. The van der Waals surface area contributed by atoms with E-state index in [2.05, 4.69) is 10.6 Å². The van der Waals surface area contributed by atoms with Crippen LogP contribution in [0.4, 0.5) is 0 Å². The summed E-state index contributed by atoms with van der Waals surface area (Å²) in [7, 11) is 0. The molecule has 0 aliphatic carbocycles. The van der Waals surface area contributed by atoms with Gasteiger partial charge in [-0.3, -0.25) is 9.59 Å². The molecule has 4 atom stereocenters. The first-order valence-corrected chi connectivity index (χ1v) is 6.34. The number of aliphatic hydroxyl groups is 4. The molecule has 0 heterocycles. The minimum absolute atomic E-state index is 0.0816. The Morgan fingerprint density at radius 2 is 1.35 bits per heavy atom. The maximum atomic E-state index is 11.4. The fourth-order valence-electron chi connectivity index (χ4n) is 1.34. The van der Waals surface area contributed by atoms with Crippen LogP contribution in [0.1, 0.15) is 13.3 Å². The van der Waals surface area contributed by atoms with Crippen LogP contribution in [0.3, 0.4) is 0 Å². The van der Waals surface area contributed by atoms with Gasteiger partial charge in [0.25, 0.3) is 11.8 Å². The summed E-state index contributed by atoms with van der Waals surface area (Å²) >= 11 is 0. The second-order valence-electron chi connectivity index (χ2n) is 4.24. The maximum Gasteiger partial charge on any atom is 0.251 e. The molecule has 0 saturated heterocycles. The van der Waals surface area contributed by atoms with E-state index in [-0.39, 0.29) is 19.6 Å². The highest BCUT2D eigenvalue weighted by Crippen LogP contribution is 2.06. The Labute approximate surface area is 116 Å². The second kappa shape index (κ2) is 9.61. The van der Waals surface area contributed by atoms with Crippen LogP contribution in [0, 0.1) is 0 Å². The van der Waals surface area contributed by atoms with E-state index in [1.54, 1.807) is 6.92 Å². The average molecular weight is 293 g/mol. The lowest BCUT2D eigenvalue weighted by molar-refractivity contribution is -0.155. The summed E-state index contributed by atoms with van der Waals surface area (Å²) in [6.07, 6.45) is -7.30. The van der Waals surface area contributed by atoms with E-state index < -0.39 is 36.2 Å². The molecule has 0 aliphatic rings. The normalized spacial score (nSPS) is 16.9. The topological polar surface area (TPSA) is 165 Å². The van der Waals surface area contributed by atoms with Crippen molar-refractivity contribution in [2.45, 2.75) is 37.8 Å². The first-order chi connectivity index (χ1) is 9.36. The van der Waals surface area contributed by atoms with Crippen LogP contribution in [0.5, 0.6) is 0 Å². The van der Waals surface area contributed by atoms with Crippen molar-refractivity contribution in [3.8, 4) is 0 Å². The van der Waals surface area contributed by atoms with Gasteiger partial charge in [0.15, 0.2) is 12.2 Å². The molecule has 0 aromatic carbocycles. The summed E-state index contributed by atoms with van der Waals surface area (Å²) in [5, 5.41) is 42.6. The van der Waals surface area contributed by atoms with E-state index in [1.807, 2.05) is 0 Å². The van der Waals surface area contributed by atoms with Crippen molar-refractivity contribution in [2.24, 2.45) is 5.73 Å². The lowest BCUT2D eigenvalue weighted by Crippen LogP contribution is -2.54. The highest BCUT2D eigenvalue weighted by Gasteiger charge is 2.37. The molecule has 0 aromatic heterocycles. The highest BCUT2D eigenvalue weighted by atomic mass is 16.4. The number of hydrogen-bond acceptors (Lipinski definition) is 7. The summed E-state index contributed by atoms with van der Waals surface area (Å²) < 4.78 is 0. The van der Waals surface area contributed by atoms with Gasteiger partial charge in [0.05, 0.1) is 0 Å². The molecule has 118 valence electrons. The number of amides is 2. The molecule has 0 aromatic rings. The number of nitrogens with two attached hydrogens (primary N) is 1. The van der Waals surface area contributed by atoms with E-state index in [0.29, 0.717) is 6.42 Å². The SMILES string of the molecule is CCCNC(=O)[C@@H](O)[C@H](O)[C@H](O)[C@@H](O)C(=O)NCCN. The molecule has 0 fully saturated rings. The van der Waals surface area contributed by atoms with E-state index in [0.717, 1.165) is 0 Å². The predicted octanol–water partition coefficient (Wildman–Crippen LogP) is -3.97. The molecule has 0 radical (unpaired) electrons. The van der Waals surface area contributed by atoms with Crippen LogP contribution in [0.25, 0.3) is 0 Å². The molecule has 0 bridgehead atoms. The third-order valence-electron chi connectivity index (χ3n) is 2.53. The average Bonchev–Trinajstić information content (AvgIpc) is 2.46. The summed E-state index contributed by atoms with van der Waals surface area (Å²) in [6.45, 7) is 2.30. The van der Waals surface area contributed by atoms with Gasteiger partial charge in [0.2, 0.25) is 0 Å². The van der Waals surface area contributed by atoms with E-state index >= 15 is 0 Å². The van der Waals surface area contributed by atoms with Gasteiger partial charge < -0.3 is 36.8 Å². The summed E-state index contributed by atoms with van der Waals surface area (Å²) in [5.41, 5.74) is 5.15. The molecule has 0 rings (SSSR count). The highest BCUT2D eigenvalue weighted by molar-refractivity contribution is 5.83. The molecule has 0 spiro atoms. The molecule has 0 aliphatic heterocycles. The molecule has 0 saturated carbocycles. The van der Waals surface area contributed by atoms with Gasteiger partial charge in [-0.05, 0) is 6.42 Å². The largest absolute Gasteiger partial charge is 0.387 e. The summed E-state index contributed by atoms with van der Waals surface area (Å²) in [4.78, 5) is 22.7. The zero-order chi connectivity index (χ0) is 15.7. The third-order valence-corrected chi connectivity index (χ3v) is 2.53. The molecule has 9 heteroatoms. The summed E-state index contributed by atoms with van der Waals surface area (Å²) in [6, 6.07) is 0. The number of nitrogens with one attached hydrogen (secondary N) is 2. The van der Waals surface area contributed by atoms with Crippen molar-refractivity contribution < 1.29 is 30.0 Å². The fourth-order valence-corrected chi connectivity index (χ4v) is 1.34. The van der Waals surface area contributed by atoms with Gasteiger partial charge in [-0.15, -0.1) is 0 Å². The van der Waals surface area contributed by atoms with Gasteiger partial charge in [-0.2, -0.15) is 0 Å². The van der Waals surface area contributed by atoms with Gasteiger partial charge in [0.1, 0.15) is 12.2 Å². The number of rotatable bonds is 9. The molecular weight excluding hydrogens is 270 g/mol. The van der Waals surface area contributed by atoms with Gasteiger partial charge in [-0.25, -0.2) is 0 Å². The van der Waals surface area contributed by atoms with Crippen LogP contribution >= 0.6 is 0 Å². The minimum atomic E-state index is -2.00. The van der Waals surface area contributed by atoms with Crippen molar-refractivity contribution >= 4 is 11.8 Å². The van der Waals surface area contributed by atoms with Gasteiger partial charge >= 0.3 is 0 Å². The van der Waals surface area contributed by atoms with Crippen molar-refractivity contribution in [1.82, 2.24) is 10.6 Å². The zero-order valence-electron chi connectivity index (χ0n) is 11.3. The monoisotopic (exact) mass is 293 g/mol. The first kappa shape index (κ1) is 18.7. The number of hydrogen-bond donors (Lipinski definition) is 7. The van der Waals surface area contributed by atoms with Gasteiger partial charge in [-0.1, -0.05) is 6.92 Å². The second-order valence-corrected chi connectivity index (χ2v) is 4.24. The van der Waals surface area contributed by atoms with Crippen LogP contribution in [0.2, 0.25) is 0 Å². The van der Waals surface area contributed by atoms with Crippen LogP contribution in [0.15, 0.2) is 0 Å². The Balaban J connectivity index is 4.46. The van der Waals surface area contributed by atoms with Crippen molar-refractivity contribution in [3.05, 3.63) is 0 Å². The first-order valence-electron chi connectivity index (χ1n) is 6.34. The summed E-state index contributed by atoms with van der Waals surface area (Å²) in [5.74, 6) is -1.85. The molecule has 8 N–H and O–H groups in total. The molecule has 2 amide bonds. The third kappa shape index (κ3) is 5.80. The van der Waals surface area contributed by atoms with Crippen molar-refractivity contribution in [2.75, 3.05) is 19.6 Å². The minimum Gasteiger partial charge on any atom is -0.387 e. The number of carbonyl (C=O) groups is 2. The quantitative estimate of drug-likeness (QED) is 0.228. The Morgan fingerprint density at radius 3 is 1.70 bits per heavy atom. The maximum absolute atomic E-state index is 11.4. The van der Waals surface area contributed by atoms with E-state index in [9.17, 15) is 30.0 Å². The van der Waals surface area contributed by atoms with Crippen LogP contribution < -0.4 is 16.4 Å². The molecule has 20 heavy (non-hydrogen) atoms. The zero-order valence-corrected chi connectivity index (χ0v) is 11.3. The van der Waals surface area contributed by atoms with Crippen LogP contribution in [-0.4, -0.2) is 76.3 Å². The predicted molar refractivity (Wildman–Crippen MR) is 69.4 cm³/mol.